The fourth-order valence-corrected chi connectivity index (χ4v) is 1.70. The minimum absolute atomic E-state index is 0.857. The second-order valence-corrected chi connectivity index (χ2v) is 4.93. The Labute approximate surface area is 108 Å². The highest BCUT2D eigenvalue weighted by atomic mass is 16.5. The minimum Gasteiger partial charge on any atom is -0.380 e. The average Bonchev–Trinajstić information content (AvgIpc) is 2.30. The fourth-order valence-electron chi connectivity index (χ4n) is 1.70. The van der Waals surface area contributed by atoms with Crippen LogP contribution < -0.4 is 5.32 Å². The molecule has 0 aliphatic rings. The molecule has 0 saturated heterocycles. The molecule has 0 saturated carbocycles. The van der Waals surface area contributed by atoms with E-state index >= 15 is 0 Å². The molecule has 0 aromatic heterocycles. The van der Waals surface area contributed by atoms with Gasteiger partial charge in [-0.2, -0.15) is 0 Å². The van der Waals surface area contributed by atoms with E-state index < -0.39 is 0 Å². The summed E-state index contributed by atoms with van der Waals surface area (Å²) >= 11 is 0. The Kier molecular flexibility index (Phi) is 13.8. The summed E-state index contributed by atoms with van der Waals surface area (Å²) in [5, 5.41) is 3.40. The Hall–Kier alpha value is -0.120. The van der Waals surface area contributed by atoms with E-state index in [0.29, 0.717) is 0 Å². The van der Waals surface area contributed by atoms with E-state index in [1.54, 1.807) is 0 Å². The molecular weight excluding hydrogens is 212 g/mol. The molecule has 0 heterocycles. The molecule has 0 amide bonds. The van der Waals surface area contributed by atoms with Crippen LogP contribution in [0.3, 0.4) is 0 Å². The molecule has 3 heteroatoms. The third kappa shape index (κ3) is 15.9. The van der Waals surface area contributed by atoms with Gasteiger partial charge < -0.3 is 15.0 Å². The first-order chi connectivity index (χ1) is 8.27. The van der Waals surface area contributed by atoms with Crippen LogP contribution in [0.2, 0.25) is 0 Å². The van der Waals surface area contributed by atoms with Crippen molar-refractivity contribution >= 4 is 0 Å². The van der Waals surface area contributed by atoms with Crippen LogP contribution in [-0.4, -0.2) is 51.8 Å². The summed E-state index contributed by atoms with van der Waals surface area (Å²) in [6.45, 7) is 7.28. The number of hydrogen-bond acceptors (Lipinski definition) is 3. The van der Waals surface area contributed by atoms with Gasteiger partial charge in [-0.25, -0.2) is 0 Å². The minimum atomic E-state index is 0.857. The van der Waals surface area contributed by atoms with Crippen molar-refractivity contribution in [2.24, 2.45) is 0 Å². The van der Waals surface area contributed by atoms with Crippen molar-refractivity contribution in [3.63, 3.8) is 0 Å². The summed E-state index contributed by atoms with van der Waals surface area (Å²) in [6, 6.07) is 0. The van der Waals surface area contributed by atoms with Crippen LogP contribution in [0.25, 0.3) is 0 Å². The monoisotopic (exact) mass is 244 g/mol. The summed E-state index contributed by atoms with van der Waals surface area (Å²) in [5.41, 5.74) is 0. The summed E-state index contributed by atoms with van der Waals surface area (Å²) in [6.07, 6.45) is 7.81. The zero-order chi connectivity index (χ0) is 12.8. The van der Waals surface area contributed by atoms with Crippen LogP contribution in [0, 0.1) is 0 Å². The van der Waals surface area contributed by atoms with E-state index in [0.717, 1.165) is 32.8 Å². The molecule has 1 N–H and O–H groups in total. The van der Waals surface area contributed by atoms with Gasteiger partial charge in [-0.3, -0.25) is 0 Å². The topological polar surface area (TPSA) is 24.5 Å². The number of nitrogens with one attached hydrogen (secondary N) is 1. The van der Waals surface area contributed by atoms with E-state index in [4.69, 9.17) is 4.74 Å². The molecule has 0 fully saturated rings. The molecule has 0 aromatic rings. The van der Waals surface area contributed by atoms with E-state index in [2.05, 4.69) is 31.2 Å². The predicted molar refractivity (Wildman–Crippen MR) is 75.6 cm³/mol. The maximum atomic E-state index is 5.57. The summed E-state index contributed by atoms with van der Waals surface area (Å²) in [7, 11) is 4.23. The van der Waals surface area contributed by atoms with Gasteiger partial charge >= 0.3 is 0 Å². The van der Waals surface area contributed by atoms with Crippen molar-refractivity contribution in [2.45, 2.75) is 45.4 Å². The molecule has 0 atom stereocenters. The van der Waals surface area contributed by atoms with E-state index in [9.17, 15) is 0 Å². The van der Waals surface area contributed by atoms with Crippen LogP contribution in [0.1, 0.15) is 45.4 Å². The van der Waals surface area contributed by atoms with Gasteiger partial charge in [0.1, 0.15) is 0 Å². The lowest BCUT2D eigenvalue weighted by Gasteiger charge is -2.10. The molecule has 0 rings (SSSR count). The molecule has 104 valence electrons. The molecule has 0 bridgehead atoms. The lowest BCUT2D eigenvalue weighted by Crippen LogP contribution is -2.24. The number of hydrogen-bond donors (Lipinski definition) is 1. The fraction of sp³-hybridized carbons (Fsp3) is 1.00. The third-order valence-corrected chi connectivity index (χ3v) is 2.77. The SMILES string of the molecule is CCCCCCCOCCNCCCN(C)C. The maximum Gasteiger partial charge on any atom is 0.0590 e. The molecule has 0 spiro atoms. The van der Waals surface area contributed by atoms with E-state index in [1.807, 2.05) is 0 Å². The lowest BCUT2D eigenvalue weighted by molar-refractivity contribution is 0.131. The standard InChI is InChI=1S/C14H32N2O/c1-4-5-6-7-8-13-17-14-11-15-10-9-12-16(2)3/h15H,4-14H2,1-3H3. The Bertz CT molecular complexity index is 140. The maximum absolute atomic E-state index is 5.57. The van der Waals surface area contributed by atoms with Gasteiger partial charge in [-0.15, -0.1) is 0 Å². The molecule has 0 aliphatic carbocycles. The highest BCUT2D eigenvalue weighted by Gasteiger charge is 1.92. The third-order valence-electron chi connectivity index (χ3n) is 2.77. The van der Waals surface area contributed by atoms with Gasteiger partial charge in [0.25, 0.3) is 0 Å². The highest BCUT2D eigenvalue weighted by molar-refractivity contribution is 4.50. The van der Waals surface area contributed by atoms with Crippen molar-refractivity contribution < 1.29 is 4.74 Å². The van der Waals surface area contributed by atoms with Crippen LogP contribution in [0.15, 0.2) is 0 Å². The number of unbranched alkanes of at least 4 members (excludes halogenated alkanes) is 4. The van der Waals surface area contributed by atoms with Crippen molar-refractivity contribution in [3.05, 3.63) is 0 Å². The highest BCUT2D eigenvalue weighted by Crippen LogP contribution is 2.01. The molecule has 0 radical (unpaired) electrons. The summed E-state index contributed by atoms with van der Waals surface area (Å²) in [4.78, 5) is 2.22. The first kappa shape index (κ1) is 16.9. The Morgan fingerprint density at radius 1 is 0.882 bits per heavy atom. The van der Waals surface area contributed by atoms with Gasteiger partial charge in [0.2, 0.25) is 0 Å². The molecule has 3 nitrogen and oxygen atoms in total. The van der Waals surface area contributed by atoms with E-state index in [-0.39, 0.29) is 0 Å². The number of rotatable bonds is 13. The number of nitrogens with zero attached hydrogens (tertiary/aromatic N) is 1. The molecule has 0 aromatic carbocycles. The van der Waals surface area contributed by atoms with E-state index in [1.165, 1.54) is 38.5 Å². The second kappa shape index (κ2) is 13.9. The van der Waals surface area contributed by atoms with Crippen molar-refractivity contribution in [3.8, 4) is 0 Å². The Balaban J connectivity index is 2.89. The normalized spacial score (nSPS) is 11.3. The first-order valence-corrected chi connectivity index (χ1v) is 7.20. The van der Waals surface area contributed by atoms with Gasteiger partial charge in [-0.1, -0.05) is 32.6 Å². The molecule has 0 unspecified atom stereocenters. The van der Waals surface area contributed by atoms with Crippen molar-refractivity contribution in [1.82, 2.24) is 10.2 Å². The largest absolute Gasteiger partial charge is 0.380 e. The summed E-state index contributed by atoms with van der Waals surface area (Å²) in [5.74, 6) is 0. The zero-order valence-corrected chi connectivity index (χ0v) is 12.1. The summed E-state index contributed by atoms with van der Waals surface area (Å²) < 4.78 is 5.57. The Morgan fingerprint density at radius 3 is 2.35 bits per heavy atom. The van der Waals surface area contributed by atoms with Crippen LogP contribution >= 0.6 is 0 Å². The molecule has 0 aliphatic heterocycles. The molecular formula is C14H32N2O. The van der Waals surface area contributed by atoms with Gasteiger partial charge in [0.15, 0.2) is 0 Å². The van der Waals surface area contributed by atoms with Gasteiger partial charge in [0, 0.05) is 13.2 Å². The van der Waals surface area contributed by atoms with Crippen LogP contribution in [-0.2, 0) is 4.74 Å². The lowest BCUT2D eigenvalue weighted by atomic mass is 10.2. The van der Waals surface area contributed by atoms with Crippen molar-refractivity contribution in [1.29, 1.82) is 0 Å². The molecule has 17 heavy (non-hydrogen) atoms. The zero-order valence-electron chi connectivity index (χ0n) is 12.1. The van der Waals surface area contributed by atoms with Gasteiger partial charge in [0.05, 0.1) is 6.61 Å². The smallest absolute Gasteiger partial charge is 0.0590 e. The first-order valence-electron chi connectivity index (χ1n) is 7.20. The number of ether oxygens (including phenoxy) is 1. The Morgan fingerprint density at radius 2 is 1.65 bits per heavy atom. The van der Waals surface area contributed by atoms with Gasteiger partial charge in [-0.05, 0) is 40.0 Å². The second-order valence-electron chi connectivity index (χ2n) is 4.93. The van der Waals surface area contributed by atoms with Crippen LogP contribution in [0.4, 0.5) is 0 Å². The predicted octanol–water partition coefficient (Wildman–Crippen LogP) is 2.51. The van der Waals surface area contributed by atoms with Crippen LogP contribution in [0.5, 0.6) is 0 Å². The van der Waals surface area contributed by atoms with Crippen molar-refractivity contribution in [2.75, 3.05) is 46.9 Å². The average molecular weight is 244 g/mol. The quantitative estimate of drug-likeness (QED) is 0.504.